The van der Waals surface area contributed by atoms with Crippen LogP contribution >= 0.6 is 7.14 Å². The minimum Gasteiger partial charge on any atom is -0.309 e. The van der Waals surface area contributed by atoms with Gasteiger partial charge >= 0.3 is 0 Å². The van der Waals surface area contributed by atoms with E-state index in [-0.39, 0.29) is 0 Å². The number of hydrogen-bond acceptors (Lipinski definition) is 4. The van der Waals surface area contributed by atoms with E-state index in [1.165, 1.54) is 16.3 Å². The number of nitrogens with zero attached hydrogens (tertiary/aromatic N) is 3. The van der Waals surface area contributed by atoms with Crippen molar-refractivity contribution in [1.82, 2.24) is 15.0 Å². The first-order valence-electron chi connectivity index (χ1n) is 20.0. The average molecular weight is 788 g/mol. The van der Waals surface area contributed by atoms with Crippen LogP contribution in [0.4, 0.5) is 0 Å². The minimum absolute atomic E-state index is 0.629. The molecule has 60 heavy (non-hydrogen) atoms. The molecule has 1 heterocycles. The predicted octanol–water partition coefficient (Wildman–Crippen LogP) is 12.7. The summed E-state index contributed by atoms with van der Waals surface area (Å²) in [6.45, 7) is 0. The van der Waals surface area contributed by atoms with E-state index in [0.29, 0.717) is 17.5 Å². The lowest BCUT2D eigenvalue weighted by Gasteiger charge is -2.20. The van der Waals surface area contributed by atoms with E-state index in [1.54, 1.807) is 0 Å². The molecule has 0 saturated heterocycles. The molecule has 0 fully saturated rings. The SMILES string of the molecule is O=P(c1ccccc1)(c1ccccc1)c1ccc(-c2ccc(-c3cccc4cccc(-c5ccc(-c6nc(-c7ccccc7)nc(-c7ccccc7)n6)cc5)c34)cc2)cc1. The topological polar surface area (TPSA) is 55.7 Å². The Hall–Kier alpha value is -7.52. The zero-order valence-electron chi connectivity index (χ0n) is 32.6. The van der Waals surface area contributed by atoms with Crippen LogP contribution in [0.2, 0.25) is 0 Å². The third-order valence-electron chi connectivity index (χ3n) is 11.1. The Morgan fingerprint density at radius 1 is 0.267 bits per heavy atom. The Morgan fingerprint density at radius 2 is 0.583 bits per heavy atom. The van der Waals surface area contributed by atoms with Gasteiger partial charge in [-0.05, 0) is 44.2 Å². The average Bonchev–Trinajstić information content (AvgIpc) is 3.34. The quantitative estimate of drug-likeness (QED) is 0.137. The summed E-state index contributed by atoms with van der Waals surface area (Å²) in [5.74, 6) is 1.91. The van der Waals surface area contributed by atoms with Crippen molar-refractivity contribution in [2.75, 3.05) is 0 Å². The van der Waals surface area contributed by atoms with Gasteiger partial charge in [0.2, 0.25) is 0 Å². The molecule has 0 radical (unpaired) electrons. The molecule has 0 amide bonds. The van der Waals surface area contributed by atoms with Gasteiger partial charge in [0.15, 0.2) is 24.6 Å². The fourth-order valence-corrected chi connectivity index (χ4v) is 10.6. The summed E-state index contributed by atoms with van der Waals surface area (Å²) in [6.07, 6.45) is 0. The third kappa shape index (κ3) is 7.04. The molecule has 4 nitrogen and oxygen atoms in total. The second-order valence-electron chi connectivity index (χ2n) is 14.7. The number of hydrogen-bond donors (Lipinski definition) is 0. The molecular weight excluding hydrogens is 750 g/mol. The van der Waals surface area contributed by atoms with Crippen LogP contribution in [0, 0.1) is 0 Å². The second kappa shape index (κ2) is 16.0. The molecule has 0 atom stereocenters. The van der Waals surface area contributed by atoms with Gasteiger partial charge in [-0.1, -0.05) is 231 Å². The fraction of sp³-hybridized carbons (Fsp3) is 0. The number of rotatable bonds is 9. The molecule has 0 aliphatic heterocycles. The maximum absolute atomic E-state index is 14.9. The molecule has 9 aromatic carbocycles. The van der Waals surface area contributed by atoms with E-state index in [4.69, 9.17) is 15.0 Å². The Balaban J connectivity index is 0.969. The van der Waals surface area contributed by atoms with Gasteiger partial charge < -0.3 is 4.57 Å². The largest absolute Gasteiger partial charge is 0.309 e. The smallest absolute Gasteiger partial charge is 0.171 e. The molecule has 0 unspecified atom stereocenters. The van der Waals surface area contributed by atoms with Crippen molar-refractivity contribution in [3.63, 3.8) is 0 Å². The van der Waals surface area contributed by atoms with Gasteiger partial charge in [0, 0.05) is 32.6 Å². The van der Waals surface area contributed by atoms with E-state index in [1.807, 2.05) is 133 Å². The first-order valence-corrected chi connectivity index (χ1v) is 21.7. The third-order valence-corrected chi connectivity index (χ3v) is 14.1. The lowest BCUT2D eigenvalue weighted by atomic mass is 9.90. The molecule has 10 rings (SSSR count). The molecule has 0 bridgehead atoms. The van der Waals surface area contributed by atoms with E-state index >= 15 is 0 Å². The van der Waals surface area contributed by atoms with E-state index in [2.05, 4.69) is 97.1 Å². The molecular formula is C55H38N3OP. The van der Waals surface area contributed by atoms with Gasteiger partial charge in [-0.2, -0.15) is 0 Å². The highest BCUT2D eigenvalue weighted by Crippen LogP contribution is 2.43. The summed E-state index contributed by atoms with van der Waals surface area (Å²) >= 11 is 0. The summed E-state index contributed by atoms with van der Waals surface area (Å²) in [4.78, 5) is 14.7. The lowest BCUT2D eigenvalue weighted by molar-refractivity contribution is 0.592. The number of fused-ring (bicyclic) bond motifs is 1. The zero-order chi connectivity index (χ0) is 40.3. The van der Waals surface area contributed by atoms with Crippen LogP contribution < -0.4 is 15.9 Å². The predicted molar refractivity (Wildman–Crippen MR) is 249 cm³/mol. The first-order chi connectivity index (χ1) is 29.6. The summed E-state index contributed by atoms with van der Waals surface area (Å²) in [5, 5.41) is 4.85. The molecule has 284 valence electrons. The Bertz CT molecular complexity index is 3010. The van der Waals surface area contributed by atoms with Crippen molar-refractivity contribution in [3.05, 3.63) is 231 Å². The maximum Gasteiger partial charge on any atom is 0.171 e. The fourth-order valence-electron chi connectivity index (χ4n) is 7.99. The first kappa shape index (κ1) is 36.8. The van der Waals surface area contributed by atoms with Crippen molar-refractivity contribution in [2.45, 2.75) is 0 Å². The van der Waals surface area contributed by atoms with Gasteiger partial charge in [0.05, 0.1) is 0 Å². The van der Waals surface area contributed by atoms with Crippen LogP contribution in [0.15, 0.2) is 231 Å². The van der Waals surface area contributed by atoms with Crippen molar-refractivity contribution in [1.29, 1.82) is 0 Å². The second-order valence-corrected chi connectivity index (χ2v) is 17.5. The van der Waals surface area contributed by atoms with E-state index in [0.717, 1.165) is 60.4 Å². The standard InChI is InChI=1S/C55H38N3OP/c59-60(47-21-9-3-10-22-47,48-23-11-4-12-24-48)49-37-35-40(36-38-49)39-27-29-41(30-28-39)50-25-13-19-43-20-14-26-51(52(43)50)42-31-33-46(34-32-42)55-57-53(44-15-5-1-6-16-44)56-54(58-55)45-17-7-2-8-18-45/h1-38H. The molecule has 1 aromatic heterocycles. The number of aromatic nitrogens is 3. The summed E-state index contributed by atoms with van der Waals surface area (Å²) in [7, 11) is -3.04. The van der Waals surface area contributed by atoms with Crippen molar-refractivity contribution in [3.8, 4) is 67.5 Å². The van der Waals surface area contributed by atoms with Crippen molar-refractivity contribution >= 4 is 33.8 Å². The monoisotopic (exact) mass is 787 g/mol. The Kier molecular flexibility index (Phi) is 9.83. The maximum atomic E-state index is 14.9. The highest BCUT2D eigenvalue weighted by atomic mass is 31.2. The van der Waals surface area contributed by atoms with Crippen LogP contribution in [0.3, 0.4) is 0 Å². The van der Waals surface area contributed by atoms with Crippen LogP contribution in [0.25, 0.3) is 78.3 Å². The molecule has 10 aromatic rings. The van der Waals surface area contributed by atoms with Crippen LogP contribution in [-0.4, -0.2) is 15.0 Å². The van der Waals surface area contributed by atoms with Crippen LogP contribution in [0.1, 0.15) is 0 Å². The molecule has 0 N–H and O–H groups in total. The van der Waals surface area contributed by atoms with Gasteiger partial charge in [0.1, 0.15) is 0 Å². The van der Waals surface area contributed by atoms with E-state index < -0.39 is 7.14 Å². The van der Waals surface area contributed by atoms with Gasteiger partial charge in [-0.15, -0.1) is 0 Å². The van der Waals surface area contributed by atoms with Gasteiger partial charge in [0.25, 0.3) is 0 Å². The van der Waals surface area contributed by atoms with Gasteiger partial charge in [-0.25, -0.2) is 15.0 Å². The number of benzene rings is 9. The summed E-state index contributed by atoms with van der Waals surface area (Å²) in [5.41, 5.74) is 9.53. The molecule has 0 spiro atoms. The lowest BCUT2D eigenvalue weighted by Crippen LogP contribution is -2.24. The Labute approximate surface area is 350 Å². The molecule has 0 aliphatic rings. The van der Waals surface area contributed by atoms with Crippen molar-refractivity contribution in [2.24, 2.45) is 0 Å². The normalized spacial score (nSPS) is 11.4. The van der Waals surface area contributed by atoms with Crippen molar-refractivity contribution < 1.29 is 4.57 Å². The zero-order valence-corrected chi connectivity index (χ0v) is 33.5. The van der Waals surface area contributed by atoms with Crippen LogP contribution in [0.5, 0.6) is 0 Å². The molecule has 0 saturated carbocycles. The minimum atomic E-state index is -3.04. The van der Waals surface area contributed by atoms with Gasteiger partial charge in [-0.3, -0.25) is 0 Å². The summed E-state index contributed by atoms with van der Waals surface area (Å²) in [6, 6.07) is 78.3. The highest BCUT2D eigenvalue weighted by Gasteiger charge is 2.29. The summed E-state index contributed by atoms with van der Waals surface area (Å²) < 4.78 is 14.9. The highest BCUT2D eigenvalue weighted by molar-refractivity contribution is 7.85. The molecule has 0 aliphatic carbocycles. The molecule has 5 heteroatoms. The van der Waals surface area contributed by atoms with Crippen LogP contribution in [-0.2, 0) is 4.57 Å². The Morgan fingerprint density at radius 3 is 1.00 bits per heavy atom. The van der Waals surface area contributed by atoms with E-state index in [9.17, 15) is 4.57 Å².